The number of pyridine rings is 1. The Morgan fingerprint density at radius 1 is 1.15 bits per heavy atom. The number of rotatable bonds is 6. The van der Waals surface area contributed by atoms with Gasteiger partial charge in [-0.25, -0.2) is 9.97 Å². The van der Waals surface area contributed by atoms with Gasteiger partial charge < -0.3 is 5.73 Å². The van der Waals surface area contributed by atoms with Gasteiger partial charge in [0, 0.05) is 49.9 Å². The number of likely N-dealkylation sites (tertiary alicyclic amines) is 1. The number of aromatic nitrogens is 2. The summed E-state index contributed by atoms with van der Waals surface area (Å²) >= 11 is 15.1. The molecule has 0 radical (unpaired) electrons. The van der Waals surface area contributed by atoms with Crippen molar-refractivity contribution in [1.29, 1.82) is 0 Å². The van der Waals surface area contributed by atoms with Crippen LogP contribution in [0.3, 0.4) is 0 Å². The maximum atomic E-state index is 12.4. The van der Waals surface area contributed by atoms with E-state index in [1.54, 1.807) is 13.0 Å². The van der Waals surface area contributed by atoms with Gasteiger partial charge in [0.1, 0.15) is 11.5 Å². The van der Waals surface area contributed by atoms with E-state index in [2.05, 4.69) is 14.9 Å². The number of nitrogen functional groups attached to an aromatic ring is 1. The van der Waals surface area contributed by atoms with Gasteiger partial charge in [-0.15, -0.1) is 36.2 Å². The van der Waals surface area contributed by atoms with E-state index in [4.69, 9.17) is 28.9 Å². The molecule has 4 rings (SSSR count). The predicted octanol–water partition coefficient (Wildman–Crippen LogP) is 6.46. The largest absolute Gasteiger partial charge is 0.384 e. The highest BCUT2D eigenvalue weighted by Gasteiger charge is 2.28. The molecule has 3 aromatic rings. The second-order valence-electron chi connectivity index (χ2n) is 7.64. The van der Waals surface area contributed by atoms with E-state index in [-0.39, 0.29) is 36.8 Å². The lowest BCUT2D eigenvalue weighted by Crippen LogP contribution is -2.43. The first-order valence-corrected chi connectivity index (χ1v) is 12.6. The van der Waals surface area contributed by atoms with Crippen molar-refractivity contribution in [2.45, 2.75) is 36.7 Å². The average Bonchev–Trinajstić information content (AvgIpc) is 3.24. The Morgan fingerprint density at radius 3 is 2.53 bits per heavy atom. The predicted molar refractivity (Wildman–Crippen MR) is 147 cm³/mol. The minimum absolute atomic E-state index is 0. The van der Waals surface area contributed by atoms with Gasteiger partial charge in [0.2, 0.25) is 5.91 Å². The molecule has 0 aliphatic carbocycles. The summed E-state index contributed by atoms with van der Waals surface area (Å²) in [6.07, 6.45) is 1.81. The van der Waals surface area contributed by atoms with Crippen LogP contribution in [0.5, 0.6) is 0 Å². The first-order valence-electron chi connectivity index (χ1n) is 10.2. The zero-order valence-electron chi connectivity index (χ0n) is 18.3. The van der Waals surface area contributed by atoms with E-state index in [1.807, 2.05) is 40.0 Å². The van der Waals surface area contributed by atoms with Crippen LogP contribution in [-0.4, -0.2) is 44.2 Å². The van der Waals surface area contributed by atoms with Crippen LogP contribution < -0.4 is 5.73 Å². The van der Waals surface area contributed by atoms with Crippen LogP contribution in [-0.2, 0) is 11.3 Å². The van der Waals surface area contributed by atoms with Gasteiger partial charge in [0.15, 0.2) is 4.34 Å². The number of carbonyl (C=O) groups excluding carboxylic acids is 1. The molecule has 0 spiro atoms. The van der Waals surface area contributed by atoms with Crippen molar-refractivity contribution in [2.24, 2.45) is 0 Å². The number of thiazole rings is 1. The molecule has 1 amide bonds. The van der Waals surface area contributed by atoms with E-state index in [0.717, 1.165) is 53.8 Å². The second-order valence-corrected chi connectivity index (χ2v) is 10.5. The van der Waals surface area contributed by atoms with Gasteiger partial charge in [-0.1, -0.05) is 35.3 Å². The summed E-state index contributed by atoms with van der Waals surface area (Å²) in [4.78, 5) is 23.8. The molecule has 0 saturated carbocycles. The fourth-order valence-electron chi connectivity index (χ4n) is 3.70. The molecule has 1 aromatic carbocycles. The smallest absolute Gasteiger partial charge is 0.229 e. The molecule has 6 nitrogen and oxygen atoms in total. The number of nitrogens with zero attached hydrogens (tertiary/aromatic N) is 4. The number of carbonyl (C=O) groups is 1. The fourth-order valence-corrected chi connectivity index (χ4v) is 5.91. The van der Waals surface area contributed by atoms with E-state index < -0.39 is 0 Å². The quantitative estimate of drug-likeness (QED) is 0.337. The van der Waals surface area contributed by atoms with Gasteiger partial charge >= 0.3 is 0 Å². The van der Waals surface area contributed by atoms with Gasteiger partial charge in [-0.05, 0) is 42.7 Å². The molecule has 0 unspecified atom stereocenters. The summed E-state index contributed by atoms with van der Waals surface area (Å²) in [6.45, 7) is 4.25. The lowest BCUT2D eigenvalue weighted by Gasteiger charge is -2.37. The normalized spacial score (nSPS) is 14.2. The van der Waals surface area contributed by atoms with E-state index >= 15 is 0 Å². The summed E-state index contributed by atoms with van der Waals surface area (Å²) in [5.74, 6) is 0.500. The van der Waals surface area contributed by atoms with Crippen molar-refractivity contribution in [3.8, 4) is 11.4 Å². The molecule has 1 saturated heterocycles. The van der Waals surface area contributed by atoms with Crippen molar-refractivity contribution < 1.29 is 4.79 Å². The number of nitrogens with two attached hydrogens (primary N) is 1. The maximum absolute atomic E-state index is 12.4. The minimum atomic E-state index is 0. The van der Waals surface area contributed by atoms with Crippen molar-refractivity contribution in [3.63, 3.8) is 0 Å². The Balaban J connectivity index is 0.00000204. The molecular weight excluding hydrogens is 556 g/mol. The third-order valence-electron chi connectivity index (χ3n) is 5.28. The zero-order valence-corrected chi connectivity index (χ0v) is 23.1. The summed E-state index contributed by atoms with van der Waals surface area (Å²) in [6, 6.07) is 11.4. The Bertz CT molecular complexity index is 1110. The molecule has 0 atom stereocenters. The second kappa shape index (κ2) is 13.2. The molecule has 0 bridgehead atoms. The number of halogens is 4. The summed E-state index contributed by atoms with van der Waals surface area (Å²) in [7, 11) is 0. The van der Waals surface area contributed by atoms with Crippen molar-refractivity contribution in [2.75, 3.05) is 18.8 Å². The van der Waals surface area contributed by atoms with Gasteiger partial charge in [-0.2, -0.15) is 0 Å². The topological polar surface area (TPSA) is 75.3 Å². The Labute approximate surface area is 230 Å². The van der Waals surface area contributed by atoms with Crippen LogP contribution in [0, 0.1) is 0 Å². The minimum Gasteiger partial charge on any atom is -0.384 e. The van der Waals surface area contributed by atoms with Crippen LogP contribution in [0.2, 0.25) is 10.0 Å². The number of hydrogen-bond donors (Lipinski definition) is 1. The standard InChI is InChI=1S/C22H23Cl2N5OS2.2ClH/c1-14(30)29(32-22-27-20(13-31-22)19-3-2-4-21(25)26-19)16-7-9-28(10-8-16)12-15-5-6-17(23)18(24)11-15;;/h2-6,11,13,16H,7-10,12H2,1H3,(H2,25,26);2*1H. The van der Waals surface area contributed by atoms with Crippen molar-refractivity contribution in [3.05, 3.63) is 57.4 Å². The molecule has 1 aliphatic heterocycles. The molecule has 2 N–H and O–H groups in total. The van der Waals surface area contributed by atoms with Crippen molar-refractivity contribution in [1.82, 2.24) is 19.2 Å². The third kappa shape index (κ3) is 7.37. The highest BCUT2D eigenvalue weighted by Crippen LogP contribution is 2.34. The number of hydrogen-bond acceptors (Lipinski definition) is 7. The molecule has 12 heteroatoms. The lowest BCUT2D eigenvalue weighted by atomic mass is 10.0. The molecule has 34 heavy (non-hydrogen) atoms. The molecular formula is C22H25Cl4N5OS2. The SMILES string of the molecule is CC(=O)N(Sc1nc(-c2cccc(N)n2)cs1)C1CCN(Cc2ccc(Cl)c(Cl)c2)CC1.Cl.Cl. The monoisotopic (exact) mass is 579 g/mol. The van der Waals surface area contributed by atoms with E-state index in [9.17, 15) is 4.79 Å². The molecule has 3 heterocycles. The summed E-state index contributed by atoms with van der Waals surface area (Å²) in [5, 5.41) is 3.09. The highest BCUT2D eigenvalue weighted by atomic mass is 35.5. The van der Waals surface area contributed by atoms with Gasteiger partial charge in [-0.3, -0.25) is 14.0 Å². The number of benzene rings is 1. The van der Waals surface area contributed by atoms with Crippen molar-refractivity contribution >= 4 is 83.0 Å². The summed E-state index contributed by atoms with van der Waals surface area (Å²) in [5.41, 5.74) is 8.43. The van der Waals surface area contributed by atoms with Crippen LogP contribution in [0.15, 0.2) is 46.1 Å². The molecule has 2 aromatic heterocycles. The maximum Gasteiger partial charge on any atom is 0.229 e. The Morgan fingerprint density at radius 2 is 1.88 bits per heavy atom. The molecule has 1 aliphatic rings. The van der Waals surface area contributed by atoms with Gasteiger partial charge in [0.25, 0.3) is 0 Å². The Kier molecular flexibility index (Phi) is 11.2. The first kappa shape index (κ1) is 29.0. The summed E-state index contributed by atoms with van der Waals surface area (Å²) < 4.78 is 2.68. The van der Waals surface area contributed by atoms with Gasteiger partial charge in [0.05, 0.1) is 15.7 Å². The number of amides is 1. The lowest BCUT2D eigenvalue weighted by molar-refractivity contribution is -0.125. The third-order valence-corrected chi connectivity index (χ3v) is 8.17. The van der Waals surface area contributed by atoms with Crippen LogP contribution in [0.4, 0.5) is 5.82 Å². The zero-order chi connectivity index (χ0) is 22.7. The first-order chi connectivity index (χ1) is 15.4. The van der Waals surface area contributed by atoms with Crippen LogP contribution in [0.25, 0.3) is 11.4 Å². The molecule has 1 fully saturated rings. The number of piperidine rings is 1. The fraction of sp³-hybridized carbons (Fsp3) is 0.318. The van der Waals surface area contributed by atoms with E-state index in [1.165, 1.54) is 23.3 Å². The average molecular weight is 581 g/mol. The molecule has 184 valence electrons. The van der Waals surface area contributed by atoms with Crippen LogP contribution >= 0.6 is 71.3 Å². The van der Waals surface area contributed by atoms with Crippen LogP contribution in [0.1, 0.15) is 25.3 Å². The van der Waals surface area contributed by atoms with E-state index in [0.29, 0.717) is 15.9 Å². The number of anilines is 1. The Hall–Kier alpha value is -1.26. The highest BCUT2D eigenvalue weighted by molar-refractivity contribution is 7.99.